The van der Waals surface area contributed by atoms with E-state index in [-0.39, 0.29) is 12.1 Å². The summed E-state index contributed by atoms with van der Waals surface area (Å²) in [5.41, 5.74) is 2.59. The number of likely N-dealkylation sites (tertiary alicyclic amines) is 1. The van der Waals surface area contributed by atoms with Crippen LogP contribution in [-0.2, 0) is 10.0 Å². The monoisotopic (exact) mass is 430 g/mol. The van der Waals surface area contributed by atoms with Gasteiger partial charge in [0.2, 0.25) is 10.0 Å². The molecule has 1 aromatic heterocycles. The fraction of sp³-hybridized carbons (Fsp3) is 0.300. The van der Waals surface area contributed by atoms with Gasteiger partial charge >= 0.3 is 6.03 Å². The highest BCUT2D eigenvalue weighted by molar-refractivity contribution is 7.88. The first-order valence-electron chi connectivity index (χ1n) is 9.37. The van der Waals surface area contributed by atoms with Gasteiger partial charge in [-0.1, -0.05) is 24.3 Å². The molecule has 1 atom stereocenters. The molecule has 1 aliphatic rings. The Kier molecular flexibility index (Phi) is 5.53. The summed E-state index contributed by atoms with van der Waals surface area (Å²) in [5.74, 6) is 0. The summed E-state index contributed by atoms with van der Waals surface area (Å²) in [6, 6.07) is 15.1. The molecule has 152 valence electrons. The van der Waals surface area contributed by atoms with Crippen molar-refractivity contribution in [1.29, 1.82) is 0 Å². The molecule has 2 aromatic carbocycles. The molecule has 4 rings (SSSR count). The van der Waals surface area contributed by atoms with E-state index in [0.29, 0.717) is 18.8 Å². The predicted octanol–water partition coefficient (Wildman–Crippen LogP) is 3.51. The van der Waals surface area contributed by atoms with E-state index in [1.807, 2.05) is 48.5 Å². The third kappa shape index (κ3) is 4.92. The van der Waals surface area contributed by atoms with E-state index < -0.39 is 10.0 Å². The van der Waals surface area contributed by atoms with Crippen LogP contribution in [0.5, 0.6) is 0 Å². The van der Waals surface area contributed by atoms with Gasteiger partial charge in [0.25, 0.3) is 0 Å². The molecular formula is C20H22N4O3S2. The van der Waals surface area contributed by atoms with Gasteiger partial charge < -0.3 is 10.2 Å². The minimum absolute atomic E-state index is 0.230. The quantitative estimate of drug-likeness (QED) is 0.663. The van der Waals surface area contributed by atoms with E-state index in [9.17, 15) is 13.2 Å². The second-order valence-electron chi connectivity index (χ2n) is 7.17. The lowest BCUT2D eigenvalue weighted by atomic mass is 10.1. The molecular weight excluding hydrogens is 408 g/mol. The number of sulfonamides is 1. The zero-order valence-electron chi connectivity index (χ0n) is 16.0. The molecule has 0 spiro atoms. The van der Waals surface area contributed by atoms with E-state index in [1.165, 1.54) is 0 Å². The van der Waals surface area contributed by atoms with Gasteiger partial charge in [0.15, 0.2) is 0 Å². The Bertz CT molecular complexity index is 1110. The second-order valence-corrected chi connectivity index (χ2v) is 9.98. The number of carbonyl (C=O) groups is 1. The maximum Gasteiger partial charge on any atom is 0.321 e. The number of nitrogens with one attached hydrogen (secondary N) is 2. The molecule has 0 aliphatic carbocycles. The van der Waals surface area contributed by atoms with Crippen LogP contribution in [0.15, 0.2) is 48.5 Å². The van der Waals surface area contributed by atoms with Crippen molar-refractivity contribution in [3.05, 3.63) is 48.5 Å². The lowest BCUT2D eigenvalue weighted by Gasteiger charge is -2.32. The SMILES string of the molecule is CS(=O)(=O)N[C@H]1CCCN(C(=O)Nc2cccc(-c3nc4ccccc4s3)c2)C1. The lowest BCUT2D eigenvalue weighted by Crippen LogP contribution is -2.50. The molecule has 2 amide bonds. The van der Waals surface area contributed by atoms with E-state index in [1.54, 1.807) is 16.2 Å². The first-order chi connectivity index (χ1) is 13.9. The second kappa shape index (κ2) is 8.10. The Labute approximate surface area is 173 Å². The molecule has 7 nitrogen and oxygen atoms in total. The average Bonchev–Trinajstić information content (AvgIpc) is 3.11. The zero-order chi connectivity index (χ0) is 20.4. The topological polar surface area (TPSA) is 91.4 Å². The van der Waals surface area contributed by atoms with Crippen LogP contribution in [0.3, 0.4) is 0 Å². The van der Waals surface area contributed by atoms with E-state index >= 15 is 0 Å². The van der Waals surface area contributed by atoms with E-state index in [4.69, 9.17) is 0 Å². The van der Waals surface area contributed by atoms with Crippen LogP contribution in [0, 0.1) is 0 Å². The van der Waals surface area contributed by atoms with Crippen molar-refractivity contribution in [2.75, 3.05) is 24.7 Å². The number of hydrogen-bond acceptors (Lipinski definition) is 5. The van der Waals surface area contributed by atoms with Gasteiger partial charge in [0.05, 0.1) is 16.5 Å². The fourth-order valence-electron chi connectivity index (χ4n) is 3.49. The summed E-state index contributed by atoms with van der Waals surface area (Å²) < 4.78 is 26.7. The van der Waals surface area contributed by atoms with Crippen LogP contribution in [-0.4, -0.2) is 49.7 Å². The lowest BCUT2D eigenvalue weighted by molar-refractivity contribution is 0.190. The van der Waals surface area contributed by atoms with Crippen LogP contribution in [0.25, 0.3) is 20.8 Å². The smallest absolute Gasteiger partial charge is 0.321 e. The fourth-order valence-corrected chi connectivity index (χ4v) is 5.25. The van der Waals surface area contributed by atoms with E-state index in [0.717, 1.165) is 39.9 Å². The number of hydrogen-bond donors (Lipinski definition) is 2. The Morgan fingerprint density at radius 2 is 2.03 bits per heavy atom. The Morgan fingerprint density at radius 3 is 2.83 bits per heavy atom. The van der Waals surface area contributed by atoms with Gasteiger partial charge in [0, 0.05) is 30.4 Å². The van der Waals surface area contributed by atoms with Gasteiger partial charge in [-0.05, 0) is 37.1 Å². The molecule has 3 aromatic rings. The highest BCUT2D eigenvalue weighted by Gasteiger charge is 2.25. The molecule has 0 radical (unpaired) electrons. The number of rotatable bonds is 4. The first-order valence-corrected chi connectivity index (χ1v) is 12.1. The third-order valence-corrected chi connectivity index (χ3v) is 6.59. The van der Waals surface area contributed by atoms with Gasteiger partial charge in [-0.25, -0.2) is 22.9 Å². The zero-order valence-corrected chi connectivity index (χ0v) is 17.6. The number of piperidine rings is 1. The van der Waals surface area contributed by atoms with Gasteiger partial charge in [-0.2, -0.15) is 0 Å². The molecule has 0 unspecified atom stereocenters. The maximum atomic E-state index is 12.7. The molecule has 9 heteroatoms. The summed E-state index contributed by atoms with van der Waals surface area (Å²) in [7, 11) is -3.29. The summed E-state index contributed by atoms with van der Waals surface area (Å²) in [6.45, 7) is 0.960. The summed E-state index contributed by atoms with van der Waals surface area (Å²) >= 11 is 1.61. The molecule has 1 fully saturated rings. The number of fused-ring (bicyclic) bond motifs is 1. The van der Waals surface area contributed by atoms with E-state index in [2.05, 4.69) is 15.0 Å². The van der Waals surface area contributed by atoms with Crippen LogP contribution in [0.2, 0.25) is 0 Å². The van der Waals surface area contributed by atoms with Crippen molar-refractivity contribution in [3.63, 3.8) is 0 Å². The molecule has 0 bridgehead atoms. The Hall–Kier alpha value is -2.49. The van der Waals surface area contributed by atoms with Crippen LogP contribution >= 0.6 is 11.3 Å². The summed E-state index contributed by atoms with van der Waals surface area (Å²) in [6.07, 6.45) is 2.62. The number of thiazole rings is 1. The van der Waals surface area contributed by atoms with Gasteiger partial charge in [0.1, 0.15) is 5.01 Å². The minimum Gasteiger partial charge on any atom is -0.323 e. The minimum atomic E-state index is -3.29. The number of aromatic nitrogens is 1. The molecule has 2 heterocycles. The van der Waals surface area contributed by atoms with Gasteiger partial charge in [-0.15, -0.1) is 11.3 Å². The number of benzene rings is 2. The number of nitrogens with zero attached hydrogens (tertiary/aromatic N) is 2. The van der Waals surface area contributed by atoms with Crippen molar-refractivity contribution < 1.29 is 13.2 Å². The normalized spacial score (nSPS) is 17.4. The van der Waals surface area contributed by atoms with Crippen LogP contribution in [0.4, 0.5) is 10.5 Å². The maximum absolute atomic E-state index is 12.7. The number of anilines is 1. The first kappa shape index (κ1) is 19.8. The number of para-hydroxylation sites is 1. The summed E-state index contributed by atoms with van der Waals surface area (Å²) in [5, 5.41) is 3.83. The molecule has 1 saturated heterocycles. The highest BCUT2D eigenvalue weighted by atomic mass is 32.2. The predicted molar refractivity (Wildman–Crippen MR) is 117 cm³/mol. The number of amides is 2. The van der Waals surface area contributed by atoms with Gasteiger partial charge in [-0.3, -0.25) is 0 Å². The molecule has 0 saturated carbocycles. The number of carbonyl (C=O) groups excluding carboxylic acids is 1. The van der Waals surface area contributed by atoms with Crippen LogP contribution in [0.1, 0.15) is 12.8 Å². The van der Waals surface area contributed by atoms with Crippen molar-refractivity contribution in [2.24, 2.45) is 0 Å². The third-order valence-electron chi connectivity index (χ3n) is 4.74. The van der Waals surface area contributed by atoms with Crippen LogP contribution < -0.4 is 10.0 Å². The Morgan fingerprint density at radius 1 is 1.21 bits per heavy atom. The van der Waals surface area contributed by atoms with Crippen molar-refractivity contribution in [3.8, 4) is 10.6 Å². The van der Waals surface area contributed by atoms with Crippen molar-refractivity contribution in [1.82, 2.24) is 14.6 Å². The highest BCUT2D eigenvalue weighted by Crippen LogP contribution is 2.31. The Balaban J connectivity index is 1.46. The van der Waals surface area contributed by atoms with Crippen molar-refractivity contribution >= 4 is 43.3 Å². The molecule has 29 heavy (non-hydrogen) atoms. The largest absolute Gasteiger partial charge is 0.323 e. The standard InChI is InChI=1S/C20H22N4O3S2/c1-29(26,27)23-16-8-5-11-24(13-16)20(25)21-15-7-4-6-14(12-15)19-22-17-9-2-3-10-18(17)28-19/h2-4,6-7,9-10,12,16,23H,5,8,11,13H2,1H3,(H,21,25)/t16-/m0/s1. The molecule has 2 N–H and O–H groups in total. The summed E-state index contributed by atoms with van der Waals surface area (Å²) in [4.78, 5) is 19.0. The number of urea groups is 1. The average molecular weight is 431 g/mol. The van der Waals surface area contributed by atoms with Crippen molar-refractivity contribution in [2.45, 2.75) is 18.9 Å². The molecule has 1 aliphatic heterocycles.